The van der Waals surface area contributed by atoms with Crippen LogP contribution >= 0.6 is 0 Å². The summed E-state index contributed by atoms with van der Waals surface area (Å²) in [5, 5.41) is 11.6. The quantitative estimate of drug-likeness (QED) is 0.763. The van der Waals surface area contributed by atoms with E-state index in [4.69, 9.17) is 5.73 Å². The van der Waals surface area contributed by atoms with Gasteiger partial charge < -0.3 is 10.8 Å². The SMILES string of the molecule is CC(C)c1cccc(C(C)C)c1N(CC1(O)CCCc2ccccc21)C(N)=O. The van der Waals surface area contributed by atoms with Crippen molar-refractivity contribution in [1.29, 1.82) is 0 Å². The average molecular weight is 381 g/mol. The number of aryl methyl sites for hydroxylation is 1. The third-order valence-corrected chi connectivity index (χ3v) is 5.85. The highest BCUT2D eigenvalue weighted by molar-refractivity contribution is 5.93. The molecule has 0 fully saturated rings. The smallest absolute Gasteiger partial charge is 0.319 e. The molecule has 0 bridgehead atoms. The molecule has 2 aromatic rings. The summed E-state index contributed by atoms with van der Waals surface area (Å²) in [5.74, 6) is 0.479. The maximum absolute atomic E-state index is 12.6. The van der Waals surface area contributed by atoms with Gasteiger partial charge in [0.2, 0.25) is 0 Å². The Morgan fingerprint density at radius 2 is 1.68 bits per heavy atom. The van der Waals surface area contributed by atoms with Gasteiger partial charge in [0.15, 0.2) is 0 Å². The van der Waals surface area contributed by atoms with Crippen LogP contribution in [0.5, 0.6) is 0 Å². The first-order valence-electron chi connectivity index (χ1n) is 10.2. The number of nitrogens with zero attached hydrogens (tertiary/aromatic N) is 1. The number of benzene rings is 2. The van der Waals surface area contributed by atoms with Crippen LogP contribution in [0.2, 0.25) is 0 Å². The Balaban J connectivity index is 2.11. The monoisotopic (exact) mass is 380 g/mol. The molecule has 3 N–H and O–H groups in total. The van der Waals surface area contributed by atoms with Crippen LogP contribution in [0.3, 0.4) is 0 Å². The third kappa shape index (κ3) is 3.79. The fourth-order valence-corrected chi connectivity index (χ4v) is 4.41. The minimum absolute atomic E-state index is 0.169. The molecule has 0 saturated carbocycles. The van der Waals surface area contributed by atoms with Crippen molar-refractivity contribution in [2.75, 3.05) is 11.4 Å². The molecule has 0 heterocycles. The number of rotatable bonds is 5. The maximum Gasteiger partial charge on any atom is 0.319 e. The van der Waals surface area contributed by atoms with Gasteiger partial charge in [-0.1, -0.05) is 70.2 Å². The normalized spacial score (nSPS) is 19.0. The lowest BCUT2D eigenvalue weighted by atomic mass is 9.78. The second-order valence-corrected chi connectivity index (χ2v) is 8.56. The number of carbonyl (C=O) groups excluding carboxylic acids is 1. The molecule has 0 radical (unpaired) electrons. The van der Waals surface area contributed by atoms with Crippen LogP contribution in [0.15, 0.2) is 42.5 Å². The largest absolute Gasteiger partial charge is 0.383 e. The summed E-state index contributed by atoms with van der Waals surface area (Å²) in [6, 6.07) is 13.6. The zero-order valence-corrected chi connectivity index (χ0v) is 17.4. The Morgan fingerprint density at radius 1 is 1.07 bits per heavy atom. The first-order chi connectivity index (χ1) is 13.2. The number of amides is 2. The molecule has 4 nitrogen and oxygen atoms in total. The zero-order chi connectivity index (χ0) is 20.5. The summed E-state index contributed by atoms with van der Waals surface area (Å²) in [7, 11) is 0. The molecular weight excluding hydrogens is 348 g/mol. The van der Waals surface area contributed by atoms with Crippen LogP contribution in [-0.2, 0) is 12.0 Å². The lowest BCUT2D eigenvalue weighted by Gasteiger charge is -2.39. The highest BCUT2D eigenvalue weighted by atomic mass is 16.3. The number of carbonyl (C=O) groups is 1. The molecule has 1 aliphatic carbocycles. The fraction of sp³-hybridized carbons (Fsp3) is 0.458. The fourth-order valence-electron chi connectivity index (χ4n) is 4.41. The molecular formula is C24H32N2O2. The molecule has 28 heavy (non-hydrogen) atoms. The molecule has 2 amide bonds. The van der Waals surface area contributed by atoms with Gasteiger partial charge in [-0.25, -0.2) is 4.79 Å². The van der Waals surface area contributed by atoms with Crippen LogP contribution in [0.4, 0.5) is 10.5 Å². The topological polar surface area (TPSA) is 66.6 Å². The number of aliphatic hydroxyl groups is 1. The molecule has 3 rings (SSSR count). The number of nitrogens with two attached hydrogens (primary N) is 1. The molecule has 0 spiro atoms. The van der Waals surface area contributed by atoms with E-state index in [2.05, 4.69) is 45.9 Å². The van der Waals surface area contributed by atoms with Gasteiger partial charge in [0.05, 0.1) is 12.2 Å². The molecule has 0 aliphatic heterocycles. The van der Waals surface area contributed by atoms with Gasteiger partial charge in [-0.05, 0) is 53.4 Å². The van der Waals surface area contributed by atoms with E-state index in [-0.39, 0.29) is 18.4 Å². The summed E-state index contributed by atoms with van der Waals surface area (Å²) in [5.41, 5.74) is 9.88. The van der Waals surface area contributed by atoms with Crippen molar-refractivity contribution in [3.8, 4) is 0 Å². The Hall–Kier alpha value is -2.33. The Kier molecular flexibility index (Phi) is 5.80. The van der Waals surface area contributed by atoms with Gasteiger partial charge in [-0.15, -0.1) is 0 Å². The number of urea groups is 1. The van der Waals surface area contributed by atoms with Gasteiger partial charge in [-0.3, -0.25) is 4.90 Å². The van der Waals surface area contributed by atoms with E-state index in [0.29, 0.717) is 6.42 Å². The van der Waals surface area contributed by atoms with E-state index in [9.17, 15) is 9.90 Å². The van der Waals surface area contributed by atoms with Crippen LogP contribution in [0.25, 0.3) is 0 Å². The van der Waals surface area contributed by atoms with Crippen LogP contribution in [-0.4, -0.2) is 17.7 Å². The minimum atomic E-state index is -1.10. The number of fused-ring (bicyclic) bond motifs is 1. The lowest BCUT2D eigenvalue weighted by molar-refractivity contribution is 0.0274. The zero-order valence-electron chi connectivity index (χ0n) is 17.4. The van der Waals surface area contributed by atoms with Crippen LogP contribution in [0.1, 0.15) is 74.6 Å². The molecule has 2 aromatic carbocycles. The van der Waals surface area contributed by atoms with Crippen LogP contribution in [0, 0.1) is 0 Å². The van der Waals surface area contributed by atoms with Gasteiger partial charge >= 0.3 is 6.03 Å². The number of anilines is 1. The van der Waals surface area contributed by atoms with Crippen molar-refractivity contribution in [1.82, 2.24) is 0 Å². The first-order valence-corrected chi connectivity index (χ1v) is 10.2. The molecule has 150 valence electrons. The van der Waals surface area contributed by atoms with Crippen molar-refractivity contribution in [2.24, 2.45) is 5.73 Å². The van der Waals surface area contributed by atoms with Crippen molar-refractivity contribution in [2.45, 2.75) is 64.4 Å². The standard InChI is InChI=1S/C24H32N2O2/c1-16(2)19-11-7-12-20(17(3)4)22(19)26(23(25)27)15-24(28)14-8-10-18-9-5-6-13-21(18)24/h5-7,9,11-13,16-17,28H,8,10,14-15H2,1-4H3,(H2,25,27). The Bertz CT molecular complexity index is 833. The van der Waals surface area contributed by atoms with E-state index < -0.39 is 11.6 Å². The van der Waals surface area contributed by atoms with Crippen molar-refractivity contribution < 1.29 is 9.90 Å². The minimum Gasteiger partial charge on any atom is -0.383 e. The van der Waals surface area contributed by atoms with Crippen molar-refractivity contribution >= 4 is 11.7 Å². The number of primary amides is 1. The van der Waals surface area contributed by atoms with Crippen LogP contribution < -0.4 is 10.6 Å². The van der Waals surface area contributed by atoms with Gasteiger partial charge in [0.25, 0.3) is 0 Å². The highest BCUT2D eigenvalue weighted by Crippen LogP contribution is 2.40. The van der Waals surface area contributed by atoms with E-state index in [1.54, 1.807) is 4.90 Å². The first kappa shape index (κ1) is 20.4. The number of hydrogen-bond acceptors (Lipinski definition) is 2. The van der Waals surface area contributed by atoms with Crippen molar-refractivity contribution in [3.63, 3.8) is 0 Å². The second-order valence-electron chi connectivity index (χ2n) is 8.56. The highest BCUT2D eigenvalue weighted by Gasteiger charge is 2.38. The van der Waals surface area contributed by atoms with E-state index in [1.165, 1.54) is 0 Å². The molecule has 1 aliphatic rings. The average Bonchev–Trinajstić information content (AvgIpc) is 2.65. The van der Waals surface area contributed by atoms with Gasteiger partial charge in [0.1, 0.15) is 5.60 Å². The maximum atomic E-state index is 12.6. The number of para-hydroxylation sites is 1. The predicted octanol–water partition coefficient (Wildman–Crippen LogP) is 5.04. The van der Waals surface area contributed by atoms with Crippen molar-refractivity contribution in [3.05, 3.63) is 64.7 Å². The van der Waals surface area contributed by atoms with E-state index in [0.717, 1.165) is 40.8 Å². The number of hydrogen-bond donors (Lipinski definition) is 2. The second kappa shape index (κ2) is 7.96. The molecule has 1 atom stereocenters. The Morgan fingerprint density at radius 3 is 2.25 bits per heavy atom. The molecule has 4 heteroatoms. The van der Waals surface area contributed by atoms with E-state index in [1.807, 2.05) is 24.3 Å². The third-order valence-electron chi connectivity index (χ3n) is 5.85. The Labute approximate surface area is 168 Å². The summed E-state index contributed by atoms with van der Waals surface area (Å²) in [4.78, 5) is 14.2. The molecule has 0 aromatic heterocycles. The van der Waals surface area contributed by atoms with Gasteiger partial charge in [-0.2, -0.15) is 0 Å². The summed E-state index contributed by atoms with van der Waals surface area (Å²) in [6.45, 7) is 8.64. The summed E-state index contributed by atoms with van der Waals surface area (Å²) < 4.78 is 0. The predicted molar refractivity (Wildman–Crippen MR) is 115 cm³/mol. The van der Waals surface area contributed by atoms with E-state index >= 15 is 0 Å². The lowest BCUT2D eigenvalue weighted by Crippen LogP contribution is -2.48. The van der Waals surface area contributed by atoms with Gasteiger partial charge in [0, 0.05) is 0 Å². The summed E-state index contributed by atoms with van der Waals surface area (Å²) in [6.07, 6.45) is 2.46. The molecule has 0 saturated heterocycles. The summed E-state index contributed by atoms with van der Waals surface area (Å²) >= 11 is 0. The molecule has 1 unspecified atom stereocenters.